The smallest absolute Gasteiger partial charge is 0.258 e. The molecule has 0 radical (unpaired) electrons. The molecule has 3 aromatic carbocycles. The molecule has 0 spiro atoms. The number of anilines is 2. The van der Waals surface area contributed by atoms with E-state index in [4.69, 9.17) is 23.2 Å². The Kier molecular flexibility index (Phi) is 6.90. The second-order valence-corrected chi connectivity index (χ2v) is 10.3. The maximum absolute atomic E-state index is 14.4. The van der Waals surface area contributed by atoms with Gasteiger partial charge in [-0.1, -0.05) is 41.4 Å². The van der Waals surface area contributed by atoms with Crippen LogP contribution in [0, 0.1) is 5.82 Å². The Labute approximate surface area is 201 Å². The number of carbonyl (C=O) groups excluding carboxylic acids is 1. The topological polar surface area (TPSA) is 69.7 Å². The largest absolute Gasteiger partial charge is 0.369 e. The number of hydrogen-bond acceptors (Lipinski definition) is 4. The molecule has 0 bridgehead atoms. The summed E-state index contributed by atoms with van der Waals surface area (Å²) in [6, 6.07) is 17.3. The highest BCUT2D eigenvalue weighted by Crippen LogP contribution is 2.25. The highest BCUT2D eigenvalue weighted by molar-refractivity contribution is 7.89. The van der Waals surface area contributed by atoms with Crippen LogP contribution in [0.1, 0.15) is 10.4 Å². The minimum Gasteiger partial charge on any atom is -0.369 e. The Bertz CT molecular complexity index is 1260. The van der Waals surface area contributed by atoms with Gasteiger partial charge in [0.25, 0.3) is 5.91 Å². The number of nitrogens with zero attached hydrogens (tertiary/aromatic N) is 2. The van der Waals surface area contributed by atoms with Crippen molar-refractivity contribution in [1.82, 2.24) is 4.31 Å². The molecule has 33 heavy (non-hydrogen) atoms. The normalized spacial score (nSPS) is 14.8. The van der Waals surface area contributed by atoms with Crippen LogP contribution < -0.4 is 10.2 Å². The number of sulfonamides is 1. The molecule has 1 N–H and O–H groups in total. The lowest BCUT2D eigenvalue weighted by Crippen LogP contribution is -2.48. The number of hydrogen-bond donors (Lipinski definition) is 1. The number of benzene rings is 3. The average molecular weight is 508 g/mol. The zero-order chi connectivity index (χ0) is 23.6. The standard InChI is InChI=1S/C23H20Cl2FN3O3S/c24-16-12-17(25)14-18(13-16)27-23(30)21-15-20(6-7-22(21)26)33(31,32)29-10-8-28(9-11-29)19-4-2-1-3-5-19/h1-7,12-15H,8-11H2,(H,27,30). The summed E-state index contributed by atoms with van der Waals surface area (Å²) in [7, 11) is -3.91. The predicted molar refractivity (Wildman–Crippen MR) is 128 cm³/mol. The van der Waals surface area contributed by atoms with Crippen molar-refractivity contribution in [1.29, 1.82) is 0 Å². The lowest BCUT2D eigenvalue weighted by Gasteiger charge is -2.35. The second-order valence-electron chi connectivity index (χ2n) is 7.48. The summed E-state index contributed by atoms with van der Waals surface area (Å²) in [5, 5.41) is 3.09. The molecule has 10 heteroatoms. The van der Waals surface area contributed by atoms with Crippen molar-refractivity contribution in [3.63, 3.8) is 0 Å². The van der Waals surface area contributed by atoms with Crippen molar-refractivity contribution in [2.45, 2.75) is 4.90 Å². The van der Waals surface area contributed by atoms with E-state index >= 15 is 0 Å². The molecule has 0 aliphatic carbocycles. The van der Waals surface area contributed by atoms with Crippen LogP contribution in [-0.4, -0.2) is 44.8 Å². The number of piperazine rings is 1. The first-order chi connectivity index (χ1) is 15.7. The van der Waals surface area contributed by atoms with Crippen LogP contribution in [0.4, 0.5) is 15.8 Å². The Morgan fingerprint density at radius 2 is 1.52 bits per heavy atom. The van der Waals surface area contributed by atoms with Gasteiger partial charge in [-0.15, -0.1) is 0 Å². The summed E-state index contributed by atoms with van der Waals surface area (Å²) in [5.41, 5.74) is 0.897. The molecule has 6 nitrogen and oxygen atoms in total. The first-order valence-corrected chi connectivity index (χ1v) is 12.3. The average Bonchev–Trinajstić information content (AvgIpc) is 2.79. The minimum absolute atomic E-state index is 0.147. The monoisotopic (exact) mass is 507 g/mol. The van der Waals surface area contributed by atoms with E-state index in [0.29, 0.717) is 23.1 Å². The molecule has 0 saturated carbocycles. The summed E-state index contributed by atoms with van der Waals surface area (Å²) < 4.78 is 42.1. The van der Waals surface area contributed by atoms with E-state index in [0.717, 1.165) is 17.8 Å². The van der Waals surface area contributed by atoms with E-state index in [1.165, 1.54) is 28.6 Å². The first-order valence-electron chi connectivity index (χ1n) is 10.1. The number of nitrogens with one attached hydrogen (secondary N) is 1. The van der Waals surface area contributed by atoms with Crippen molar-refractivity contribution in [2.75, 3.05) is 36.4 Å². The van der Waals surface area contributed by atoms with Gasteiger partial charge in [-0.25, -0.2) is 12.8 Å². The third kappa shape index (κ3) is 5.30. The predicted octanol–water partition coefficient (Wildman–Crippen LogP) is 4.90. The van der Waals surface area contributed by atoms with E-state index < -0.39 is 27.3 Å². The van der Waals surface area contributed by atoms with Crippen LogP contribution in [0.3, 0.4) is 0 Å². The van der Waals surface area contributed by atoms with Gasteiger partial charge in [0.05, 0.1) is 10.5 Å². The summed E-state index contributed by atoms with van der Waals surface area (Å²) in [5.74, 6) is -1.65. The van der Waals surface area contributed by atoms with Crippen LogP contribution in [0.25, 0.3) is 0 Å². The molecular formula is C23H20Cl2FN3O3S. The van der Waals surface area contributed by atoms with Crippen LogP contribution in [-0.2, 0) is 10.0 Å². The third-order valence-electron chi connectivity index (χ3n) is 5.30. The Hall–Kier alpha value is -2.65. The molecule has 1 aliphatic heterocycles. The zero-order valence-corrected chi connectivity index (χ0v) is 19.7. The highest BCUT2D eigenvalue weighted by atomic mass is 35.5. The Morgan fingerprint density at radius 1 is 0.879 bits per heavy atom. The maximum atomic E-state index is 14.4. The van der Waals surface area contributed by atoms with Gasteiger partial charge in [-0.3, -0.25) is 4.79 Å². The fourth-order valence-electron chi connectivity index (χ4n) is 3.64. The van der Waals surface area contributed by atoms with Crippen LogP contribution in [0.5, 0.6) is 0 Å². The molecule has 0 aromatic heterocycles. The van der Waals surface area contributed by atoms with Gasteiger partial charge in [0.1, 0.15) is 5.82 Å². The SMILES string of the molecule is O=C(Nc1cc(Cl)cc(Cl)c1)c1cc(S(=O)(=O)N2CCN(c3ccccc3)CC2)ccc1F. The summed E-state index contributed by atoms with van der Waals surface area (Å²) in [6.45, 7) is 1.59. The van der Waals surface area contributed by atoms with Crippen molar-refractivity contribution < 1.29 is 17.6 Å². The van der Waals surface area contributed by atoms with Crippen molar-refractivity contribution in [3.05, 3.63) is 88.2 Å². The van der Waals surface area contributed by atoms with Gasteiger partial charge in [0.15, 0.2) is 0 Å². The number of para-hydroxylation sites is 1. The van der Waals surface area contributed by atoms with E-state index in [-0.39, 0.29) is 23.7 Å². The summed E-state index contributed by atoms with van der Waals surface area (Å²) >= 11 is 11.9. The lowest BCUT2D eigenvalue weighted by molar-refractivity contribution is 0.102. The molecule has 1 amide bonds. The van der Waals surface area contributed by atoms with E-state index in [1.54, 1.807) is 0 Å². The fourth-order valence-corrected chi connectivity index (χ4v) is 5.61. The molecule has 0 unspecified atom stereocenters. The van der Waals surface area contributed by atoms with E-state index in [2.05, 4.69) is 10.2 Å². The number of amides is 1. The van der Waals surface area contributed by atoms with E-state index in [9.17, 15) is 17.6 Å². The molecule has 4 rings (SSSR count). The molecule has 172 valence electrons. The molecule has 1 fully saturated rings. The summed E-state index contributed by atoms with van der Waals surface area (Å²) in [4.78, 5) is 14.6. The molecule has 1 saturated heterocycles. The molecule has 0 atom stereocenters. The molecule has 1 aliphatic rings. The van der Waals surface area contributed by atoms with Gasteiger partial charge in [0.2, 0.25) is 10.0 Å². The van der Waals surface area contributed by atoms with Crippen LogP contribution in [0.15, 0.2) is 71.6 Å². The Balaban J connectivity index is 1.52. The second kappa shape index (κ2) is 9.69. The van der Waals surface area contributed by atoms with Crippen molar-refractivity contribution in [2.24, 2.45) is 0 Å². The van der Waals surface area contributed by atoms with Crippen LogP contribution >= 0.6 is 23.2 Å². The van der Waals surface area contributed by atoms with Gasteiger partial charge in [-0.2, -0.15) is 4.31 Å². The fraction of sp³-hybridized carbons (Fsp3) is 0.174. The zero-order valence-electron chi connectivity index (χ0n) is 17.3. The quantitative estimate of drug-likeness (QED) is 0.533. The Morgan fingerprint density at radius 3 is 2.15 bits per heavy atom. The van der Waals surface area contributed by atoms with Gasteiger partial charge in [0, 0.05) is 47.6 Å². The van der Waals surface area contributed by atoms with E-state index in [1.807, 2.05) is 30.3 Å². The highest BCUT2D eigenvalue weighted by Gasteiger charge is 2.30. The lowest BCUT2D eigenvalue weighted by atomic mass is 10.2. The molecule has 3 aromatic rings. The van der Waals surface area contributed by atoms with Gasteiger partial charge in [-0.05, 0) is 48.5 Å². The van der Waals surface area contributed by atoms with Gasteiger partial charge >= 0.3 is 0 Å². The van der Waals surface area contributed by atoms with Crippen molar-refractivity contribution in [3.8, 4) is 0 Å². The number of rotatable bonds is 5. The summed E-state index contributed by atoms with van der Waals surface area (Å²) in [6.07, 6.45) is 0. The van der Waals surface area contributed by atoms with Crippen LogP contribution in [0.2, 0.25) is 10.0 Å². The van der Waals surface area contributed by atoms with Gasteiger partial charge < -0.3 is 10.2 Å². The molecule has 1 heterocycles. The molecular weight excluding hydrogens is 488 g/mol. The van der Waals surface area contributed by atoms with Crippen molar-refractivity contribution >= 4 is 50.5 Å². The first kappa shape index (κ1) is 23.5. The maximum Gasteiger partial charge on any atom is 0.258 e. The third-order valence-corrected chi connectivity index (χ3v) is 7.63. The number of halogens is 3. The number of carbonyl (C=O) groups is 1. The minimum atomic E-state index is -3.91.